The summed E-state index contributed by atoms with van der Waals surface area (Å²) in [6.07, 6.45) is -0.0970. The number of nitrogens with zero attached hydrogens (tertiary/aromatic N) is 7. The lowest BCUT2D eigenvalue weighted by Gasteiger charge is -2.36. The molecule has 11 heteroatoms. The molecule has 9 nitrogen and oxygen atoms in total. The molecule has 1 aliphatic rings. The monoisotopic (exact) mass is 405 g/mol. The molecule has 0 radical (unpaired) electrons. The molecule has 0 aliphatic carbocycles. The van der Waals surface area contributed by atoms with Crippen LogP contribution in [0.4, 0.5) is 20.4 Å². The van der Waals surface area contributed by atoms with Gasteiger partial charge >= 0.3 is 0 Å². The Kier molecular flexibility index (Phi) is 4.81. The minimum atomic E-state index is -0.790. The summed E-state index contributed by atoms with van der Waals surface area (Å²) >= 11 is 0. The number of halogens is 2. The highest BCUT2D eigenvalue weighted by atomic mass is 19.1. The molecule has 0 bridgehead atoms. The zero-order valence-corrected chi connectivity index (χ0v) is 16.3. The van der Waals surface area contributed by atoms with E-state index in [4.69, 9.17) is 4.74 Å². The van der Waals surface area contributed by atoms with Crippen molar-refractivity contribution in [2.45, 2.75) is 20.0 Å². The van der Waals surface area contributed by atoms with Crippen LogP contribution in [0.2, 0.25) is 0 Å². The van der Waals surface area contributed by atoms with Gasteiger partial charge in [0.2, 0.25) is 11.8 Å². The van der Waals surface area contributed by atoms with Gasteiger partial charge in [-0.05, 0) is 13.8 Å². The number of hydrogen-bond acceptors (Lipinski definition) is 8. The summed E-state index contributed by atoms with van der Waals surface area (Å²) in [5, 5.41) is 17.4. The summed E-state index contributed by atoms with van der Waals surface area (Å²) in [4.78, 5) is 12.6. The summed E-state index contributed by atoms with van der Waals surface area (Å²) in [5.41, 5.74) is 0.888. The predicted octanol–water partition coefficient (Wildman–Crippen LogP) is 1.86. The van der Waals surface area contributed by atoms with Gasteiger partial charge in [0.15, 0.2) is 22.8 Å². The van der Waals surface area contributed by atoms with Crippen LogP contribution in [0.25, 0.3) is 11.2 Å². The topological polar surface area (TPSA) is 92.4 Å². The van der Waals surface area contributed by atoms with E-state index < -0.39 is 17.4 Å². The summed E-state index contributed by atoms with van der Waals surface area (Å²) < 4.78 is 35.6. The van der Waals surface area contributed by atoms with E-state index in [1.165, 1.54) is 0 Å². The molecule has 1 aromatic carbocycles. The molecule has 0 unspecified atom stereocenters. The van der Waals surface area contributed by atoms with E-state index in [0.29, 0.717) is 49.2 Å². The van der Waals surface area contributed by atoms with Gasteiger partial charge in [0.25, 0.3) is 0 Å². The van der Waals surface area contributed by atoms with Gasteiger partial charge in [-0.2, -0.15) is 9.97 Å². The Morgan fingerprint density at radius 1 is 1.03 bits per heavy atom. The van der Waals surface area contributed by atoms with E-state index in [1.54, 1.807) is 16.6 Å². The highest BCUT2D eigenvalue weighted by Crippen LogP contribution is 2.30. The number of hydrogen-bond donors (Lipinski definition) is 1. The highest BCUT2D eigenvalue weighted by molar-refractivity contribution is 5.77. The van der Waals surface area contributed by atoms with E-state index in [1.807, 2.05) is 18.7 Å². The smallest absolute Gasteiger partial charge is 0.249 e. The second kappa shape index (κ2) is 7.30. The Labute approximate surface area is 165 Å². The molecule has 1 aliphatic heterocycles. The van der Waals surface area contributed by atoms with Crippen molar-refractivity contribution < 1.29 is 18.6 Å². The number of phenolic OH excluding ortho intramolecular Hbond substituents is 1. The lowest BCUT2D eigenvalue weighted by atomic mass is 10.2. The number of benzene rings is 1. The molecule has 2 aromatic heterocycles. The van der Waals surface area contributed by atoms with Crippen LogP contribution in [-0.2, 0) is 7.05 Å². The zero-order valence-electron chi connectivity index (χ0n) is 16.3. The van der Waals surface area contributed by atoms with Gasteiger partial charge in [-0.15, -0.1) is 5.10 Å². The summed E-state index contributed by atoms with van der Waals surface area (Å²) in [6.45, 7) is 5.43. The van der Waals surface area contributed by atoms with Crippen molar-refractivity contribution in [2.75, 3.05) is 36.0 Å². The molecule has 1 fully saturated rings. The maximum absolute atomic E-state index is 14.2. The largest absolute Gasteiger partial charge is 0.508 e. The Morgan fingerprint density at radius 3 is 2.28 bits per heavy atom. The SMILES string of the molecule is CC(C)Oc1nc(N2CCN(c3c(F)cc(O)cc3F)CC2)nc2c1nnn2C. The number of aromatic hydroxyl groups is 1. The molecule has 3 heterocycles. The molecule has 1 saturated heterocycles. The first-order chi connectivity index (χ1) is 13.8. The lowest BCUT2D eigenvalue weighted by Crippen LogP contribution is -2.47. The fourth-order valence-electron chi connectivity index (χ4n) is 3.31. The normalized spacial score (nSPS) is 14.8. The Morgan fingerprint density at radius 2 is 1.66 bits per heavy atom. The number of phenols is 1. The predicted molar refractivity (Wildman–Crippen MR) is 102 cm³/mol. The van der Waals surface area contributed by atoms with Crippen LogP contribution in [0, 0.1) is 11.6 Å². The van der Waals surface area contributed by atoms with Gasteiger partial charge < -0.3 is 19.6 Å². The van der Waals surface area contributed by atoms with Gasteiger partial charge in [0.05, 0.1) is 6.10 Å². The summed E-state index contributed by atoms with van der Waals surface area (Å²) in [6, 6.07) is 1.82. The number of ether oxygens (including phenoxy) is 1. The van der Waals surface area contributed by atoms with Crippen LogP contribution in [0.5, 0.6) is 11.6 Å². The van der Waals surface area contributed by atoms with Crippen molar-refractivity contribution in [2.24, 2.45) is 7.05 Å². The Balaban J connectivity index is 1.59. The van der Waals surface area contributed by atoms with Crippen molar-refractivity contribution in [3.63, 3.8) is 0 Å². The number of aromatic nitrogens is 5. The second-order valence-electron chi connectivity index (χ2n) is 7.11. The zero-order chi connectivity index (χ0) is 20.7. The molecule has 3 aromatic rings. The van der Waals surface area contributed by atoms with Crippen LogP contribution >= 0.6 is 0 Å². The fraction of sp³-hybridized carbons (Fsp3) is 0.444. The molecule has 0 amide bonds. The molecule has 0 atom stereocenters. The minimum absolute atomic E-state index is 0.0970. The molecule has 154 valence electrons. The average Bonchev–Trinajstić information content (AvgIpc) is 3.02. The maximum Gasteiger partial charge on any atom is 0.249 e. The van der Waals surface area contributed by atoms with Crippen molar-refractivity contribution in [3.05, 3.63) is 23.8 Å². The Bertz CT molecular complexity index is 1030. The third-order valence-electron chi connectivity index (χ3n) is 4.63. The molecule has 4 rings (SSSR count). The van der Waals surface area contributed by atoms with Crippen molar-refractivity contribution >= 4 is 22.8 Å². The van der Waals surface area contributed by atoms with Gasteiger partial charge in [0.1, 0.15) is 11.4 Å². The first kappa shape index (κ1) is 19.1. The number of anilines is 2. The van der Waals surface area contributed by atoms with E-state index >= 15 is 0 Å². The number of rotatable bonds is 4. The number of aryl methyl sites for hydroxylation is 1. The highest BCUT2D eigenvalue weighted by Gasteiger charge is 2.26. The van der Waals surface area contributed by atoms with Crippen molar-refractivity contribution in [3.8, 4) is 11.6 Å². The molecule has 1 N–H and O–H groups in total. The van der Waals surface area contributed by atoms with Crippen LogP contribution in [0.1, 0.15) is 13.8 Å². The minimum Gasteiger partial charge on any atom is -0.508 e. The average molecular weight is 405 g/mol. The standard InChI is InChI=1S/C18H21F2N7O2/c1-10(2)29-17-14-16(25(3)24-23-14)21-18(22-17)27-6-4-26(5-7-27)15-12(19)8-11(28)9-13(15)20/h8-10,28H,4-7H2,1-3H3. The van der Waals surface area contributed by atoms with E-state index in [-0.39, 0.29) is 11.8 Å². The third kappa shape index (κ3) is 3.59. The van der Waals surface area contributed by atoms with E-state index in [2.05, 4.69) is 20.3 Å². The molecule has 0 saturated carbocycles. The maximum atomic E-state index is 14.2. The first-order valence-electron chi connectivity index (χ1n) is 9.25. The second-order valence-corrected chi connectivity index (χ2v) is 7.11. The van der Waals surface area contributed by atoms with Crippen LogP contribution < -0.4 is 14.5 Å². The van der Waals surface area contributed by atoms with Gasteiger partial charge in [0, 0.05) is 45.4 Å². The summed E-state index contributed by atoms with van der Waals surface area (Å²) in [7, 11) is 1.74. The van der Waals surface area contributed by atoms with E-state index in [9.17, 15) is 13.9 Å². The van der Waals surface area contributed by atoms with E-state index in [0.717, 1.165) is 12.1 Å². The van der Waals surface area contributed by atoms with Gasteiger partial charge in [-0.1, -0.05) is 5.21 Å². The number of piperazine rings is 1. The Hall–Kier alpha value is -3.24. The summed E-state index contributed by atoms with van der Waals surface area (Å²) in [5.74, 6) is -1.22. The van der Waals surface area contributed by atoms with Crippen molar-refractivity contribution in [1.29, 1.82) is 0 Å². The van der Waals surface area contributed by atoms with Crippen molar-refractivity contribution in [1.82, 2.24) is 25.0 Å². The first-order valence-corrected chi connectivity index (χ1v) is 9.25. The lowest BCUT2D eigenvalue weighted by molar-refractivity contribution is 0.235. The third-order valence-corrected chi connectivity index (χ3v) is 4.63. The molecule has 0 spiro atoms. The quantitative estimate of drug-likeness (QED) is 0.703. The molecule has 29 heavy (non-hydrogen) atoms. The molecular formula is C18H21F2N7O2. The number of fused-ring (bicyclic) bond motifs is 1. The van der Waals surface area contributed by atoms with Crippen LogP contribution in [0.15, 0.2) is 12.1 Å². The van der Waals surface area contributed by atoms with Gasteiger partial charge in [-0.25, -0.2) is 13.5 Å². The molecular weight excluding hydrogens is 384 g/mol. The van der Waals surface area contributed by atoms with Crippen LogP contribution in [0.3, 0.4) is 0 Å². The van der Waals surface area contributed by atoms with Gasteiger partial charge in [-0.3, -0.25) is 0 Å². The van der Waals surface area contributed by atoms with Crippen LogP contribution in [-0.4, -0.2) is 62.4 Å². The fourth-order valence-corrected chi connectivity index (χ4v) is 3.31.